The number of rotatable bonds is 2. The topological polar surface area (TPSA) is 75.4 Å². The Hall–Kier alpha value is -2.77. The van der Waals surface area contributed by atoms with Gasteiger partial charge in [-0.1, -0.05) is 0 Å². The maximum atomic E-state index is 13.4. The fraction of sp³-hybridized carbons (Fsp3) is 0.353. The third-order valence-corrected chi connectivity index (χ3v) is 4.48. The van der Waals surface area contributed by atoms with Crippen LogP contribution in [0.15, 0.2) is 22.6 Å². The number of aromatic nitrogens is 1. The molecule has 1 unspecified atom stereocenters. The first-order valence-electron chi connectivity index (χ1n) is 8.00. The first-order chi connectivity index (χ1) is 12.0. The van der Waals surface area contributed by atoms with Crippen molar-refractivity contribution in [3.8, 4) is 11.5 Å². The molecule has 6 nitrogen and oxygen atoms in total. The second kappa shape index (κ2) is 5.94. The maximum Gasteiger partial charge on any atom is 0.228 e. The fourth-order valence-electron chi connectivity index (χ4n) is 3.23. The largest absolute Gasteiger partial charge is 0.441 e. The SMILES string of the molecule is O=C1CC(C(=O)N2CCc3oc(-c4cc(F)cc(F)c4)nc3C2)CN1. The van der Waals surface area contributed by atoms with E-state index in [0.717, 1.165) is 18.2 Å². The Bertz CT molecular complexity index is 845. The molecule has 1 aromatic carbocycles. The highest BCUT2D eigenvalue weighted by atomic mass is 19.1. The predicted octanol–water partition coefficient (Wildman–Crippen LogP) is 1.64. The number of fused-ring (bicyclic) bond motifs is 1. The van der Waals surface area contributed by atoms with Gasteiger partial charge < -0.3 is 14.6 Å². The smallest absolute Gasteiger partial charge is 0.228 e. The summed E-state index contributed by atoms with van der Waals surface area (Å²) in [5.41, 5.74) is 0.798. The standard InChI is InChI=1S/C17H15F2N3O3/c18-11-3-9(4-12(19)6-11)16-21-13-8-22(2-1-14(13)25-16)17(24)10-5-15(23)20-7-10/h3-4,6,10H,1-2,5,7-8H2,(H,20,23). The van der Waals surface area contributed by atoms with Crippen molar-refractivity contribution in [3.05, 3.63) is 41.3 Å². The second-order valence-corrected chi connectivity index (χ2v) is 6.26. The molecule has 0 spiro atoms. The van der Waals surface area contributed by atoms with Gasteiger partial charge in [0.1, 0.15) is 23.1 Å². The van der Waals surface area contributed by atoms with Crippen molar-refractivity contribution in [1.82, 2.24) is 15.2 Å². The molecule has 0 radical (unpaired) electrons. The van der Waals surface area contributed by atoms with Gasteiger partial charge in [0.05, 0.1) is 12.5 Å². The first kappa shape index (κ1) is 15.7. The molecular formula is C17H15F2N3O3. The van der Waals surface area contributed by atoms with Crippen LogP contribution in [0.1, 0.15) is 17.9 Å². The molecule has 2 amide bonds. The van der Waals surface area contributed by atoms with Gasteiger partial charge in [0.2, 0.25) is 17.7 Å². The molecule has 1 atom stereocenters. The Morgan fingerprint density at radius 3 is 2.72 bits per heavy atom. The minimum atomic E-state index is -0.707. The van der Waals surface area contributed by atoms with Crippen molar-refractivity contribution in [1.29, 1.82) is 0 Å². The monoisotopic (exact) mass is 347 g/mol. The Morgan fingerprint density at radius 1 is 1.28 bits per heavy atom. The summed E-state index contributed by atoms with van der Waals surface area (Å²) in [6, 6.07) is 3.09. The lowest BCUT2D eigenvalue weighted by atomic mass is 10.0. The average molecular weight is 347 g/mol. The molecule has 1 saturated heterocycles. The Kier molecular flexibility index (Phi) is 3.74. The summed E-state index contributed by atoms with van der Waals surface area (Å²) in [5.74, 6) is -1.22. The molecule has 1 aromatic heterocycles. The zero-order valence-corrected chi connectivity index (χ0v) is 13.2. The van der Waals surface area contributed by atoms with E-state index in [2.05, 4.69) is 10.3 Å². The zero-order chi connectivity index (χ0) is 17.6. The van der Waals surface area contributed by atoms with Crippen molar-refractivity contribution < 1.29 is 22.8 Å². The molecule has 1 fully saturated rings. The minimum absolute atomic E-state index is 0.0923. The number of halogens is 2. The van der Waals surface area contributed by atoms with Crippen molar-refractivity contribution >= 4 is 11.8 Å². The maximum absolute atomic E-state index is 13.4. The molecule has 1 N–H and O–H groups in total. The summed E-state index contributed by atoms with van der Waals surface area (Å²) in [4.78, 5) is 29.7. The van der Waals surface area contributed by atoms with E-state index in [4.69, 9.17) is 4.42 Å². The van der Waals surface area contributed by atoms with Crippen LogP contribution in [0.2, 0.25) is 0 Å². The van der Waals surface area contributed by atoms with Crippen LogP contribution in [-0.4, -0.2) is 34.8 Å². The normalized spacial score (nSPS) is 19.7. The molecule has 8 heteroatoms. The number of hydrogen-bond acceptors (Lipinski definition) is 4. The van der Waals surface area contributed by atoms with Gasteiger partial charge in [0.15, 0.2) is 0 Å². The Morgan fingerprint density at radius 2 is 2.04 bits per heavy atom. The van der Waals surface area contributed by atoms with Crippen molar-refractivity contribution in [2.24, 2.45) is 5.92 Å². The Balaban J connectivity index is 1.55. The van der Waals surface area contributed by atoms with Gasteiger partial charge in [-0.05, 0) is 12.1 Å². The molecule has 25 heavy (non-hydrogen) atoms. The summed E-state index contributed by atoms with van der Waals surface area (Å²) >= 11 is 0. The number of amides is 2. The van der Waals surface area contributed by atoms with E-state index in [-0.39, 0.29) is 42.2 Å². The number of benzene rings is 1. The number of nitrogens with zero attached hydrogens (tertiary/aromatic N) is 2. The molecule has 0 saturated carbocycles. The number of carbonyl (C=O) groups excluding carboxylic acids is 2. The van der Waals surface area contributed by atoms with Gasteiger partial charge in [-0.25, -0.2) is 13.8 Å². The lowest BCUT2D eigenvalue weighted by molar-refractivity contribution is -0.136. The molecule has 130 valence electrons. The van der Waals surface area contributed by atoms with E-state index in [1.54, 1.807) is 4.90 Å². The summed E-state index contributed by atoms with van der Waals surface area (Å²) in [5, 5.41) is 2.65. The van der Waals surface area contributed by atoms with E-state index in [1.807, 2.05) is 0 Å². The highest BCUT2D eigenvalue weighted by Gasteiger charge is 2.34. The number of hydrogen-bond donors (Lipinski definition) is 1. The summed E-state index contributed by atoms with van der Waals surface area (Å²) < 4.78 is 32.4. The van der Waals surface area contributed by atoms with Gasteiger partial charge in [-0.3, -0.25) is 9.59 Å². The van der Waals surface area contributed by atoms with E-state index >= 15 is 0 Å². The van der Waals surface area contributed by atoms with Gasteiger partial charge in [-0.2, -0.15) is 0 Å². The van der Waals surface area contributed by atoms with E-state index in [0.29, 0.717) is 31.0 Å². The van der Waals surface area contributed by atoms with Gasteiger partial charge in [-0.15, -0.1) is 0 Å². The molecule has 2 aliphatic heterocycles. The number of oxazole rings is 1. The lowest BCUT2D eigenvalue weighted by Crippen LogP contribution is -2.40. The zero-order valence-electron chi connectivity index (χ0n) is 13.2. The molecule has 3 heterocycles. The van der Waals surface area contributed by atoms with Crippen molar-refractivity contribution in [2.45, 2.75) is 19.4 Å². The predicted molar refractivity (Wildman–Crippen MR) is 82.1 cm³/mol. The molecule has 2 aromatic rings. The number of carbonyl (C=O) groups is 2. The van der Waals surface area contributed by atoms with Crippen LogP contribution in [0.25, 0.3) is 11.5 Å². The van der Waals surface area contributed by atoms with Crippen molar-refractivity contribution in [3.63, 3.8) is 0 Å². The molecule has 0 aliphatic carbocycles. The Labute approximate surface area is 141 Å². The summed E-state index contributed by atoms with van der Waals surface area (Å²) in [7, 11) is 0. The molecule has 0 bridgehead atoms. The third kappa shape index (κ3) is 2.99. The summed E-state index contributed by atoms with van der Waals surface area (Å²) in [6.07, 6.45) is 0.675. The highest BCUT2D eigenvalue weighted by Crippen LogP contribution is 2.28. The van der Waals surface area contributed by atoms with Crippen LogP contribution in [0, 0.1) is 17.6 Å². The van der Waals surface area contributed by atoms with E-state index in [1.165, 1.54) is 0 Å². The molecule has 2 aliphatic rings. The average Bonchev–Trinajstić information content (AvgIpc) is 3.18. The first-order valence-corrected chi connectivity index (χ1v) is 8.00. The molecular weight excluding hydrogens is 332 g/mol. The molecule has 4 rings (SSSR count). The fourth-order valence-corrected chi connectivity index (χ4v) is 3.23. The highest BCUT2D eigenvalue weighted by molar-refractivity contribution is 5.89. The van der Waals surface area contributed by atoms with Crippen LogP contribution >= 0.6 is 0 Å². The third-order valence-electron chi connectivity index (χ3n) is 4.48. The van der Waals surface area contributed by atoms with Crippen LogP contribution in [0.4, 0.5) is 8.78 Å². The van der Waals surface area contributed by atoms with Gasteiger partial charge in [0, 0.05) is 37.6 Å². The van der Waals surface area contributed by atoms with Crippen LogP contribution < -0.4 is 5.32 Å². The second-order valence-electron chi connectivity index (χ2n) is 6.26. The minimum Gasteiger partial charge on any atom is -0.441 e. The van der Waals surface area contributed by atoms with Gasteiger partial charge >= 0.3 is 0 Å². The quantitative estimate of drug-likeness (QED) is 0.896. The van der Waals surface area contributed by atoms with Crippen LogP contribution in [-0.2, 0) is 22.6 Å². The van der Waals surface area contributed by atoms with Crippen LogP contribution in [0.3, 0.4) is 0 Å². The summed E-state index contributed by atoms with van der Waals surface area (Å²) in [6.45, 7) is 1.08. The number of nitrogens with one attached hydrogen (secondary N) is 1. The van der Waals surface area contributed by atoms with Gasteiger partial charge in [0.25, 0.3) is 0 Å². The van der Waals surface area contributed by atoms with E-state index < -0.39 is 11.6 Å². The lowest BCUT2D eigenvalue weighted by Gasteiger charge is -2.27. The van der Waals surface area contributed by atoms with E-state index in [9.17, 15) is 18.4 Å². The van der Waals surface area contributed by atoms with Crippen molar-refractivity contribution in [2.75, 3.05) is 13.1 Å². The van der Waals surface area contributed by atoms with Crippen LogP contribution in [0.5, 0.6) is 0 Å².